The number of fused-ring (bicyclic) bond motifs is 1. The van der Waals surface area contributed by atoms with Crippen LogP contribution in [0.15, 0.2) is 52.4 Å². The molecule has 1 amide bonds. The Hall–Kier alpha value is -1.97. The van der Waals surface area contributed by atoms with E-state index in [0.29, 0.717) is 11.3 Å². The number of rotatable bonds is 7. The van der Waals surface area contributed by atoms with Crippen molar-refractivity contribution in [3.8, 4) is 0 Å². The van der Waals surface area contributed by atoms with Gasteiger partial charge in [-0.05, 0) is 54.6 Å². The van der Waals surface area contributed by atoms with Gasteiger partial charge in [0, 0.05) is 12.3 Å². The van der Waals surface area contributed by atoms with Gasteiger partial charge in [0.25, 0.3) is 5.91 Å². The molecule has 0 aliphatic rings. The molecule has 0 aliphatic carbocycles. The molecule has 154 valence electrons. The highest BCUT2D eigenvalue weighted by Crippen LogP contribution is 2.20. The average Bonchev–Trinajstić information content (AvgIpc) is 3.01. The summed E-state index contributed by atoms with van der Waals surface area (Å²) in [5.41, 5.74) is 2.17. The van der Waals surface area contributed by atoms with Crippen LogP contribution in [0.3, 0.4) is 0 Å². The molecule has 0 fully saturated rings. The van der Waals surface area contributed by atoms with E-state index in [1.54, 1.807) is 11.8 Å². The third-order valence-electron chi connectivity index (χ3n) is 4.38. The van der Waals surface area contributed by atoms with E-state index in [9.17, 15) is 17.6 Å². The molecule has 3 aromatic rings. The highest BCUT2D eigenvalue weighted by Gasteiger charge is 2.19. The van der Waals surface area contributed by atoms with E-state index in [2.05, 4.69) is 24.0 Å². The minimum atomic E-state index is -3.89. The van der Waals surface area contributed by atoms with Crippen LogP contribution in [0.4, 0.5) is 4.39 Å². The molecule has 0 aliphatic heterocycles. The lowest BCUT2D eigenvalue weighted by Gasteiger charge is -2.05. The van der Waals surface area contributed by atoms with Crippen molar-refractivity contribution in [2.45, 2.75) is 24.8 Å². The van der Waals surface area contributed by atoms with Gasteiger partial charge in [-0.1, -0.05) is 24.3 Å². The predicted molar refractivity (Wildman–Crippen MR) is 117 cm³/mol. The van der Waals surface area contributed by atoms with Crippen molar-refractivity contribution in [1.29, 1.82) is 0 Å². The standard InChI is InChI=1S/C20H21FN2O3S3/c1-3-14-4-9-17-18(12-14)28-20(23(17)10-11-27-2)22-19(24)13-29(25,26)16-7-5-15(21)6-8-16/h4-9,12H,3,10-11,13H2,1-2H3. The third-order valence-corrected chi connectivity index (χ3v) is 7.63. The SMILES string of the molecule is CCc1ccc2c(c1)sc(=NC(=O)CS(=O)(=O)c1ccc(F)cc1)n2CCSC. The molecule has 1 heterocycles. The molecule has 29 heavy (non-hydrogen) atoms. The first-order valence-corrected chi connectivity index (χ1v) is 12.9. The zero-order valence-corrected chi connectivity index (χ0v) is 18.5. The molecular weight excluding hydrogens is 431 g/mol. The Morgan fingerprint density at radius 1 is 1.21 bits per heavy atom. The first kappa shape index (κ1) is 21.7. The molecule has 0 atom stereocenters. The number of sulfone groups is 1. The summed E-state index contributed by atoms with van der Waals surface area (Å²) in [5.74, 6) is -1.19. The Morgan fingerprint density at radius 2 is 1.93 bits per heavy atom. The van der Waals surface area contributed by atoms with E-state index < -0.39 is 27.3 Å². The lowest BCUT2D eigenvalue weighted by Crippen LogP contribution is -2.21. The number of amides is 1. The third kappa shape index (κ3) is 5.15. The van der Waals surface area contributed by atoms with Gasteiger partial charge in [-0.15, -0.1) is 0 Å². The number of carbonyl (C=O) groups is 1. The van der Waals surface area contributed by atoms with Gasteiger partial charge in [-0.25, -0.2) is 12.8 Å². The van der Waals surface area contributed by atoms with Gasteiger partial charge in [-0.2, -0.15) is 16.8 Å². The normalized spacial score (nSPS) is 12.6. The summed E-state index contributed by atoms with van der Waals surface area (Å²) in [6.07, 6.45) is 2.90. The van der Waals surface area contributed by atoms with Crippen LogP contribution in [-0.2, 0) is 27.6 Å². The molecule has 0 saturated carbocycles. The fourth-order valence-electron chi connectivity index (χ4n) is 2.85. The Kier molecular flexibility index (Phi) is 6.92. The minimum absolute atomic E-state index is 0.0957. The number of hydrogen-bond donors (Lipinski definition) is 0. The van der Waals surface area contributed by atoms with Crippen LogP contribution in [0.25, 0.3) is 10.2 Å². The van der Waals surface area contributed by atoms with Gasteiger partial charge < -0.3 is 4.57 Å². The van der Waals surface area contributed by atoms with E-state index >= 15 is 0 Å². The van der Waals surface area contributed by atoms with Crippen LogP contribution in [0.1, 0.15) is 12.5 Å². The second-order valence-electron chi connectivity index (χ2n) is 6.40. The summed E-state index contributed by atoms with van der Waals surface area (Å²) in [6.45, 7) is 2.75. The number of benzene rings is 2. The molecular formula is C20H21FN2O3S3. The highest BCUT2D eigenvalue weighted by molar-refractivity contribution is 7.98. The number of halogens is 1. The molecule has 2 aromatic carbocycles. The summed E-state index contributed by atoms with van der Waals surface area (Å²) in [5, 5.41) is 0. The van der Waals surface area contributed by atoms with Gasteiger partial charge in [0.1, 0.15) is 11.6 Å². The average molecular weight is 453 g/mol. The monoisotopic (exact) mass is 452 g/mol. The largest absolute Gasteiger partial charge is 0.316 e. The molecule has 3 rings (SSSR count). The van der Waals surface area contributed by atoms with Gasteiger partial charge in [0.2, 0.25) is 0 Å². The van der Waals surface area contributed by atoms with Crippen LogP contribution in [0.2, 0.25) is 0 Å². The minimum Gasteiger partial charge on any atom is -0.316 e. The zero-order chi connectivity index (χ0) is 21.0. The van der Waals surface area contributed by atoms with Crippen LogP contribution >= 0.6 is 23.1 Å². The van der Waals surface area contributed by atoms with E-state index in [1.807, 2.05) is 16.9 Å². The molecule has 0 radical (unpaired) electrons. The molecule has 0 N–H and O–H groups in total. The van der Waals surface area contributed by atoms with E-state index in [4.69, 9.17) is 0 Å². The number of aromatic nitrogens is 1. The molecule has 0 saturated heterocycles. The van der Waals surface area contributed by atoms with Crippen molar-refractivity contribution in [3.05, 3.63) is 58.6 Å². The van der Waals surface area contributed by atoms with E-state index in [-0.39, 0.29) is 4.90 Å². The maximum atomic E-state index is 13.0. The zero-order valence-electron chi connectivity index (χ0n) is 16.1. The van der Waals surface area contributed by atoms with Crippen LogP contribution in [-0.4, -0.2) is 36.7 Å². The molecule has 1 aromatic heterocycles. The van der Waals surface area contributed by atoms with Crippen LogP contribution < -0.4 is 4.80 Å². The maximum Gasteiger partial charge on any atom is 0.263 e. The number of hydrogen-bond acceptors (Lipinski definition) is 5. The van der Waals surface area contributed by atoms with Gasteiger partial charge in [0.15, 0.2) is 14.6 Å². The maximum absolute atomic E-state index is 13.0. The number of thioether (sulfide) groups is 1. The van der Waals surface area contributed by atoms with Crippen molar-refractivity contribution in [2.75, 3.05) is 17.8 Å². The van der Waals surface area contributed by atoms with Gasteiger partial charge in [-0.3, -0.25) is 4.79 Å². The quantitative estimate of drug-likeness (QED) is 0.513. The molecule has 9 heteroatoms. The molecule has 0 spiro atoms. The topological polar surface area (TPSA) is 68.5 Å². The highest BCUT2D eigenvalue weighted by atomic mass is 32.2. The van der Waals surface area contributed by atoms with Crippen molar-refractivity contribution < 1.29 is 17.6 Å². The van der Waals surface area contributed by atoms with Crippen LogP contribution in [0, 0.1) is 5.82 Å². The van der Waals surface area contributed by atoms with Crippen molar-refractivity contribution in [1.82, 2.24) is 4.57 Å². The Balaban J connectivity index is 1.97. The van der Waals surface area contributed by atoms with E-state index in [0.717, 1.165) is 46.7 Å². The predicted octanol–water partition coefficient (Wildman–Crippen LogP) is 3.67. The van der Waals surface area contributed by atoms with Crippen molar-refractivity contribution in [2.24, 2.45) is 4.99 Å². The first-order valence-electron chi connectivity index (χ1n) is 9.01. The molecule has 0 bridgehead atoms. The fraction of sp³-hybridized carbons (Fsp3) is 0.300. The Morgan fingerprint density at radius 3 is 2.59 bits per heavy atom. The van der Waals surface area contributed by atoms with Gasteiger partial charge in [0.05, 0.1) is 15.1 Å². The summed E-state index contributed by atoms with van der Waals surface area (Å²) in [7, 11) is -3.89. The molecule has 0 unspecified atom stereocenters. The van der Waals surface area contributed by atoms with Crippen LogP contribution in [0.5, 0.6) is 0 Å². The second-order valence-corrected chi connectivity index (χ2v) is 10.4. The lowest BCUT2D eigenvalue weighted by molar-refractivity contribution is -0.115. The number of thiazole rings is 1. The van der Waals surface area contributed by atoms with Crippen molar-refractivity contribution >= 4 is 49.1 Å². The van der Waals surface area contributed by atoms with Crippen molar-refractivity contribution in [3.63, 3.8) is 0 Å². The summed E-state index contributed by atoms with van der Waals surface area (Å²) >= 11 is 3.06. The number of nitrogens with zero attached hydrogens (tertiary/aromatic N) is 2. The van der Waals surface area contributed by atoms with Gasteiger partial charge >= 0.3 is 0 Å². The van der Waals surface area contributed by atoms with E-state index in [1.165, 1.54) is 16.9 Å². The number of carbonyl (C=O) groups excluding carboxylic acids is 1. The summed E-state index contributed by atoms with van der Waals surface area (Å²) in [6, 6.07) is 10.6. The fourth-order valence-corrected chi connectivity index (χ4v) is 5.46. The Labute approximate surface area is 177 Å². The lowest BCUT2D eigenvalue weighted by atomic mass is 10.2. The second kappa shape index (κ2) is 9.23. The molecule has 5 nitrogen and oxygen atoms in total. The smallest absolute Gasteiger partial charge is 0.263 e. The Bertz CT molecular complexity index is 1200. The summed E-state index contributed by atoms with van der Waals surface area (Å²) < 4.78 is 40.9. The summed E-state index contributed by atoms with van der Waals surface area (Å²) in [4.78, 5) is 17.0. The first-order chi connectivity index (χ1) is 13.8. The number of aryl methyl sites for hydroxylation is 2.